The van der Waals surface area contributed by atoms with Crippen LogP contribution < -0.4 is 0 Å². The summed E-state index contributed by atoms with van der Waals surface area (Å²) in [5.74, 6) is -0.658. The third-order valence-electron chi connectivity index (χ3n) is 3.06. The SMILES string of the molecule is C[C@H]1[C@H]2COC(C)(C)N2C(=O)[C@@H]1F. The summed E-state index contributed by atoms with van der Waals surface area (Å²) in [5, 5.41) is 0. The van der Waals surface area contributed by atoms with Crippen molar-refractivity contribution in [2.75, 3.05) is 6.61 Å². The minimum absolute atomic E-state index is 0.0718. The molecule has 0 aliphatic carbocycles. The van der Waals surface area contributed by atoms with Gasteiger partial charge in [-0.1, -0.05) is 6.92 Å². The van der Waals surface area contributed by atoms with E-state index in [-0.39, 0.29) is 12.0 Å². The molecular formula is C9H14FNO2. The largest absolute Gasteiger partial charge is 0.354 e. The summed E-state index contributed by atoms with van der Waals surface area (Å²) in [6.07, 6.45) is -1.34. The van der Waals surface area contributed by atoms with E-state index in [0.717, 1.165) is 0 Å². The number of fused-ring (bicyclic) bond motifs is 1. The molecule has 2 saturated heterocycles. The summed E-state index contributed by atoms with van der Waals surface area (Å²) in [5.41, 5.74) is -0.628. The maximum absolute atomic E-state index is 13.3. The molecule has 3 nitrogen and oxygen atoms in total. The molecule has 0 radical (unpaired) electrons. The standard InChI is InChI=1S/C9H14FNO2/c1-5-6-4-13-9(2,3)11(6)8(12)7(5)10/h5-7H,4H2,1-3H3/t5-,6+,7+/m0/s1. The first kappa shape index (κ1) is 8.94. The Bertz CT molecular complexity index is 254. The minimum Gasteiger partial charge on any atom is -0.354 e. The van der Waals surface area contributed by atoms with Gasteiger partial charge in [-0.25, -0.2) is 4.39 Å². The van der Waals surface area contributed by atoms with Crippen LogP contribution in [0.15, 0.2) is 0 Å². The first-order chi connectivity index (χ1) is 5.95. The minimum atomic E-state index is -1.34. The van der Waals surface area contributed by atoms with Crippen LogP contribution in [0.4, 0.5) is 4.39 Å². The third-order valence-corrected chi connectivity index (χ3v) is 3.06. The third kappa shape index (κ3) is 1.01. The number of hydrogen-bond acceptors (Lipinski definition) is 2. The van der Waals surface area contributed by atoms with Crippen molar-refractivity contribution in [1.29, 1.82) is 0 Å². The van der Waals surface area contributed by atoms with Gasteiger partial charge in [-0.05, 0) is 13.8 Å². The van der Waals surface area contributed by atoms with E-state index in [0.29, 0.717) is 6.61 Å². The lowest BCUT2D eigenvalue weighted by molar-refractivity contribution is -0.145. The number of carbonyl (C=O) groups excluding carboxylic acids is 1. The van der Waals surface area contributed by atoms with Crippen molar-refractivity contribution < 1.29 is 13.9 Å². The van der Waals surface area contributed by atoms with Gasteiger partial charge in [0.15, 0.2) is 6.17 Å². The van der Waals surface area contributed by atoms with Gasteiger partial charge in [0.2, 0.25) is 0 Å². The highest BCUT2D eigenvalue weighted by Crippen LogP contribution is 2.39. The molecule has 3 atom stereocenters. The van der Waals surface area contributed by atoms with Crippen LogP contribution >= 0.6 is 0 Å². The zero-order valence-corrected chi connectivity index (χ0v) is 8.08. The van der Waals surface area contributed by atoms with Crippen molar-refractivity contribution >= 4 is 5.91 Å². The van der Waals surface area contributed by atoms with Crippen molar-refractivity contribution in [3.63, 3.8) is 0 Å². The number of ether oxygens (including phenoxy) is 1. The van der Waals surface area contributed by atoms with Gasteiger partial charge in [0.1, 0.15) is 5.72 Å². The van der Waals surface area contributed by atoms with Gasteiger partial charge in [0.25, 0.3) is 5.91 Å². The summed E-state index contributed by atoms with van der Waals surface area (Å²) < 4.78 is 18.8. The zero-order valence-electron chi connectivity index (χ0n) is 8.08. The Balaban J connectivity index is 2.33. The Morgan fingerprint density at radius 2 is 2.23 bits per heavy atom. The lowest BCUT2D eigenvalue weighted by Gasteiger charge is -2.29. The molecule has 0 aromatic rings. The Hall–Kier alpha value is -0.640. The summed E-state index contributed by atoms with van der Waals surface area (Å²) in [6.45, 7) is 5.82. The normalized spacial score (nSPS) is 42.6. The predicted molar refractivity (Wildman–Crippen MR) is 44.7 cm³/mol. The second-order valence-corrected chi connectivity index (χ2v) is 4.29. The highest BCUT2D eigenvalue weighted by molar-refractivity contribution is 5.85. The van der Waals surface area contributed by atoms with Gasteiger partial charge in [0, 0.05) is 5.92 Å². The van der Waals surface area contributed by atoms with Crippen LogP contribution in [-0.2, 0) is 9.53 Å². The van der Waals surface area contributed by atoms with Gasteiger partial charge < -0.3 is 9.64 Å². The van der Waals surface area contributed by atoms with Gasteiger partial charge in [-0.2, -0.15) is 0 Å². The molecule has 0 aromatic heterocycles. The molecule has 0 N–H and O–H groups in total. The van der Waals surface area contributed by atoms with Crippen LogP contribution in [0.25, 0.3) is 0 Å². The van der Waals surface area contributed by atoms with E-state index in [2.05, 4.69) is 0 Å². The second-order valence-electron chi connectivity index (χ2n) is 4.29. The van der Waals surface area contributed by atoms with E-state index in [9.17, 15) is 9.18 Å². The molecule has 74 valence electrons. The molecule has 2 aliphatic heterocycles. The van der Waals surface area contributed by atoms with E-state index in [1.54, 1.807) is 25.7 Å². The molecule has 2 heterocycles. The van der Waals surface area contributed by atoms with Gasteiger partial charge in [-0.15, -0.1) is 0 Å². The average molecular weight is 187 g/mol. The average Bonchev–Trinajstić information content (AvgIpc) is 2.46. The van der Waals surface area contributed by atoms with Crippen LogP contribution in [0.2, 0.25) is 0 Å². The molecule has 0 bridgehead atoms. The van der Waals surface area contributed by atoms with Crippen molar-refractivity contribution in [3.05, 3.63) is 0 Å². The molecule has 2 aliphatic rings. The molecule has 13 heavy (non-hydrogen) atoms. The van der Waals surface area contributed by atoms with Crippen molar-refractivity contribution in [2.45, 2.75) is 38.7 Å². The maximum atomic E-state index is 13.3. The lowest BCUT2D eigenvalue weighted by atomic mass is 10.0. The van der Waals surface area contributed by atoms with Crippen molar-refractivity contribution in [2.24, 2.45) is 5.92 Å². The van der Waals surface area contributed by atoms with Crippen LogP contribution in [0.1, 0.15) is 20.8 Å². The van der Waals surface area contributed by atoms with Crippen LogP contribution in [0, 0.1) is 5.92 Å². The van der Waals surface area contributed by atoms with Gasteiger partial charge >= 0.3 is 0 Å². The second kappa shape index (κ2) is 2.44. The zero-order chi connectivity index (χ0) is 9.80. The molecule has 0 saturated carbocycles. The number of hydrogen-bond donors (Lipinski definition) is 0. The Labute approximate surface area is 76.8 Å². The predicted octanol–water partition coefficient (Wildman–Crippen LogP) is 0.938. The first-order valence-corrected chi connectivity index (χ1v) is 4.56. The molecular weight excluding hydrogens is 173 g/mol. The molecule has 2 rings (SSSR count). The van der Waals surface area contributed by atoms with Crippen LogP contribution in [-0.4, -0.2) is 35.4 Å². The highest BCUT2D eigenvalue weighted by atomic mass is 19.1. The number of carbonyl (C=O) groups is 1. The van der Waals surface area contributed by atoms with Gasteiger partial charge in [-0.3, -0.25) is 4.79 Å². The molecule has 0 spiro atoms. The highest BCUT2D eigenvalue weighted by Gasteiger charge is 2.55. The fourth-order valence-electron chi connectivity index (χ4n) is 2.20. The Morgan fingerprint density at radius 1 is 1.62 bits per heavy atom. The van der Waals surface area contributed by atoms with E-state index in [4.69, 9.17) is 4.74 Å². The number of amides is 1. The van der Waals surface area contributed by atoms with E-state index in [1.165, 1.54) is 0 Å². The summed E-state index contributed by atoms with van der Waals surface area (Å²) >= 11 is 0. The molecule has 4 heteroatoms. The monoisotopic (exact) mass is 187 g/mol. The molecule has 0 unspecified atom stereocenters. The number of rotatable bonds is 0. The smallest absolute Gasteiger partial charge is 0.260 e. The van der Waals surface area contributed by atoms with E-state index < -0.39 is 17.8 Å². The molecule has 0 aromatic carbocycles. The van der Waals surface area contributed by atoms with Gasteiger partial charge in [0.05, 0.1) is 12.6 Å². The maximum Gasteiger partial charge on any atom is 0.260 e. The summed E-state index contributed by atoms with van der Waals surface area (Å²) in [7, 11) is 0. The summed E-state index contributed by atoms with van der Waals surface area (Å²) in [6, 6.07) is -0.0718. The van der Waals surface area contributed by atoms with E-state index in [1.807, 2.05) is 0 Å². The first-order valence-electron chi connectivity index (χ1n) is 4.56. The fourth-order valence-corrected chi connectivity index (χ4v) is 2.20. The number of alkyl halides is 1. The topological polar surface area (TPSA) is 29.5 Å². The van der Waals surface area contributed by atoms with Crippen molar-refractivity contribution in [1.82, 2.24) is 4.90 Å². The number of halogens is 1. The fraction of sp³-hybridized carbons (Fsp3) is 0.889. The van der Waals surface area contributed by atoms with Crippen molar-refractivity contribution in [3.8, 4) is 0 Å². The quantitative estimate of drug-likeness (QED) is 0.564. The summed E-state index contributed by atoms with van der Waals surface area (Å²) in [4.78, 5) is 13.0. The lowest BCUT2D eigenvalue weighted by Crippen LogP contribution is -2.44. The molecule has 1 amide bonds. The number of nitrogens with zero attached hydrogens (tertiary/aromatic N) is 1. The molecule has 2 fully saturated rings. The van der Waals surface area contributed by atoms with E-state index >= 15 is 0 Å². The van der Waals surface area contributed by atoms with Crippen LogP contribution in [0.5, 0.6) is 0 Å². The van der Waals surface area contributed by atoms with Crippen LogP contribution in [0.3, 0.4) is 0 Å². The Morgan fingerprint density at radius 3 is 2.77 bits per heavy atom. The Kier molecular flexibility index (Phi) is 1.68.